The molecule has 0 unspecified atom stereocenters. The van der Waals surface area contributed by atoms with E-state index in [2.05, 4.69) is 19.1 Å². The molecule has 64 valence electrons. The minimum absolute atomic E-state index is 1.02. The second kappa shape index (κ2) is 5.40. The highest BCUT2D eigenvalue weighted by molar-refractivity contribution is 4.83. The molecule has 0 amide bonds. The predicted octanol–water partition coefficient (Wildman–Crippen LogP) is 3.92. The third kappa shape index (κ3) is 3.60. The zero-order valence-corrected chi connectivity index (χ0v) is 7.68. The Labute approximate surface area is 70.7 Å². The molecule has 0 aromatic rings. The number of hydrogen-bond donors (Lipinski definition) is 0. The summed E-state index contributed by atoms with van der Waals surface area (Å²) in [4.78, 5) is 0. The van der Waals surface area contributed by atoms with E-state index in [1.54, 1.807) is 0 Å². The molecule has 0 heterocycles. The molecule has 0 nitrogen and oxygen atoms in total. The monoisotopic (exact) mass is 152 g/mol. The lowest BCUT2D eigenvalue weighted by atomic mass is 9.87. The van der Waals surface area contributed by atoms with Gasteiger partial charge in [0.15, 0.2) is 0 Å². The summed E-state index contributed by atoms with van der Waals surface area (Å²) in [5.74, 6) is 1.02. The van der Waals surface area contributed by atoms with E-state index in [0.717, 1.165) is 5.92 Å². The molecule has 11 heavy (non-hydrogen) atoms. The van der Waals surface area contributed by atoms with Gasteiger partial charge >= 0.3 is 0 Å². The number of hydrogen-bond acceptors (Lipinski definition) is 0. The Morgan fingerprint density at radius 1 is 1.09 bits per heavy atom. The Morgan fingerprint density at radius 2 is 1.82 bits per heavy atom. The first-order valence-corrected chi connectivity index (χ1v) is 5.08. The molecule has 0 radical (unpaired) electrons. The molecule has 0 aromatic carbocycles. The lowest BCUT2D eigenvalue weighted by Gasteiger charge is -2.19. The van der Waals surface area contributed by atoms with Crippen molar-refractivity contribution < 1.29 is 0 Å². The van der Waals surface area contributed by atoms with Crippen LogP contribution in [0, 0.1) is 5.92 Å². The van der Waals surface area contributed by atoms with Crippen LogP contribution < -0.4 is 0 Å². The molecule has 0 aromatic heterocycles. The molecule has 0 bridgehead atoms. The van der Waals surface area contributed by atoms with Gasteiger partial charge in [0.1, 0.15) is 0 Å². The molecule has 0 spiro atoms. The summed E-state index contributed by atoms with van der Waals surface area (Å²) >= 11 is 0. The third-order valence-electron chi connectivity index (χ3n) is 2.60. The zero-order chi connectivity index (χ0) is 7.94. The molecule has 0 saturated heterocycles. The Kier molecular flexibility index (Phi) is 4.33. The van der Waals surface area contributed by atoms with E-state index in [9.17, 15) is 0 Å². The second-order valence-corrected chi connectivity index (χ2v) is 3.62. The first kappa shape index (κ1) is 8.83. The average Bonchev–Trinajstić information content (AvgIpc) is 2.07. The maximum atomic E-state index is 2.37. The molecule has 1 aliphatic carbocycles. The van der Waals surface area contributed by atoms with Crippen molar-refractivity contribution in [3.63, 3.8) is 0 Å². The Hall–Kier alpha value is -0.260. The van der Waals surface area contributed by atoms with Gasteiger partial charge in [-0.25, -0.2) is 0 Å². The van der Waals surface area contributed by atoms with Crippen LogP contribution >= 0.6 is 0 Å². The van der Waals surface area contributed by atoms with E-state index in [-0.39, 0.29) is 0 Å². The molecule has 0 N–H and O–H groups in total. The van der Waals surface area contributed by atoms with Gasteiger partial charge in [0, 0.05) is 0 Å². The van der Waals surface area contributed by atoms with E-state index >= 15 is 0 Å². The summed E-state index contributed by atoms with van der Waals surface area (Å²) < 4.78 is 0. The topological polar surface area (TPSA) is 0 Å². The van der Waals surface area contributed by atoms with E-state index in [0.29, 0.717) is 0 Å². The lowest BCUT2D eigenvalue weighted by Crippen LogP contribution is -2.04. The standard InChI is InChI=1S/C11H20/c1-2-3-5-8-11-9-6-4-7-10-11/h3,5,11H,2,4,6-10H2,1H3/b5-3-. The molecule has 0 heteroatoms. The quantitative estimate of drug-likeness (QED) is 0.538. The molecule has 1 aliphatic rings. The highest BCUT2D eigenvalue weighted by atomic mass is 14.2. The second-order valence-electron chi connectivity index (χ2n) is 3.62. The summed E-state index contributed by atoms with van der Waals surface area (Å²) in [7, 11) is 0. The van der Waals surface area contributed by atoms with Gasteiger partial charge in [-0.1, -0.05) is 51.2 Å². The smallest absolute Gasteiger partial charge is 0.0322 e. The van der Waals surface area contributed by atoms with Gasteiger partial charge in [0.05, 0.1) is 0 Å². The van der Waals surface area contributed by atoms with Gasteiger partial charge < -0.3 is 0 Å². The highest BCUT2D eigenvalue weighted by Crippen LogP contribution is 2.26. The van der Waals surface area contributed by atoms with Gasteiger partial charge in [-0.15, -0.1) is 0 Å². The summed E-state index contributed by atoms with van der Waals surface area (Å²) in [6.45, 7) is 2.21. The van der Waals surface area contributed by atoms with E-state index in [1.165, 1.54) is 44.9 Å². The Morgan fingerprint density at radius 3 is 2.45 bits per heavy atom. The van der Waals surface area contributed by atoms with Gasteiger partial charge in [-0.3, -0.25) is 0 Å². The third-order valence-corrected chi connectivity index (χ3v) is 2.60. The fourth-order valence-corrected chi connectivity index (χ4v) is 1.88. The van der Waals surface area contributed by atoms with Crippen LogP contribution in [0.2, 0.25) is 0 Å². The molecule has 1 fully saturated rings. The SMILES string of the molecule is CC/C=C\CC1CCCCC1. The van der Waals surface area contributed by atoms with Crippen LogP contribution in [0.3, 0.4) is 0 Å². The minimum atomic E-state index is 1.02. The first-order chi connectivity index (χ1) is 5.43. The van der Waals surface area contributed by atoms with Crippen molar-refractivity contribution in [2.24, 2.45) is 5.92 Å². The van der Waals surface area contributed by atoms with Crippen molar-refractivity contribution in [1.29, 1.82) is 0 Å². The largest absolute Gasteiger partial charge is 0.0888 e. The first-order valence-electron chi connectivity index (χ1n) is 5.08. The maximum absolute atomic E-state index is 2.37. The lowest BCUT2D eigenvalue weighted by molar-refractivity contribution is 0.361. The minimum Gasteiger partial charge on any atom is -0.0888 e. The van der Waals surface area contributed by atoms with Crippen LogP contribution in [-0.4, -0.2) is 0 Å². The van der Waals surface area contributed by atoms with Crippen LogP contribution in [0.1, 0.15) is 51.9 Å². The highest BCUT2D eigenvalue weighted by Gasteiger charge is 2.10. The van der Waals surface area contributed by atoms with Gasteiger partial charge in [0.2, 0.25) is 0 Å². The predicted molar refractivity (Wildman–Crippen MR) is 50.6 cm³/mol. The van der Waals surface area contributed by atoms with E-state index in [1.807, 2.05) is 0 Å². The van der Waals surface area contributed by atoms with Crippen molar-refractivity contribution in [3.05, 3.63) is 12.2 Å². The van der Waals surface area contributed by atoms with E-state index in [4.69, 9.17) is 0 Å². The van der Waals surface area contributed by atoms with Gasteiger partial charge in [0.25, 0.3) is 0 Å². The molecule has 1 rings (SSSR count). The van der Waals surface area contributed by atoms with Crippen LogP contribution in [0.15, 0.2) is 12.2 Å². The number of allylic oxidation sites excluding steroid dienone is 2. The van der Waals surface area contributed by atoms with Crippen LogP contribution in [0.5, 0.6) is 0 Å². The zero-order valence-electron chi connectivity index (χ0n) is 7.68. The van der Waals surface area contributed by atoms with Crippen LogP contribution in [0.4, 0.5) is 0 Å². The van der Waals surface area contributed by atoms with Crippen LogP contribution in [0.25, 0.3) is 0 Å². The average molecular weight is 152 g/mol. The maximum Gasteiger partial charge on any atom is -0.0322 e. The van der Waals surface area contributed by atoms with Crippen molar-refractivity contribution in [1.82, 2.24) is 0 Å². The van der Waals surface area contributed by atoms with E-state index < -0.39 is 0 Å². The Bertz CT molecular complexity index is 107. The molecular formula is C11H20. The molecule has 0 atom stereocenters. The Balaban J connectivity index is 2.09. The molecular weight excluding hydrogens is 132 g/mol. The van der Waals surface area contributed by atoms with Gasteiger partial charge in [-0.2, -0.15) is 0 Å². The molecule has 1 saturated carbocycles. The molecule has 0 aliphatic heterocycles. The van der Waals surface area contributed by atoms with Crippen molar-refractivity contribution in [2.75, 3.05) is 0 Å². The van der Waals surface area contributed by atoms with Crippen molar-refractivity contribution >= 4 is 0 Å². The fourth-order valence-electron chi connectivity index (χ4n) is 1.88. The fraction of sp³-hybridized carbons (Fsp3) is 0.818. The number of rotatable bonds is 3. The normalized spacial score (nSPS) is 21.2. The van der Waals surface area contributed by atoms with Crippen molar-refractivity contribution in [3.8, 4) is 0 Å². The summed E-state index contributed by atoms with van der Waals surface area (Å²) in [5, 5.41) is 0. The van der Waals surface area contributed by atoms with Crippen molar-refractivity contribution in [2.45, 2.75) is 51.9 Å². The van der Waals surface area contributed by atoms with Crippen LogP contribution in [-0.2, 0) is 0 Å². The summed E-state index contributed by atoms with van der Waals surface area (Å²) in [6, 6.07) is 0. The summed E-state index contributed by atoms with van der Waals surface area (Å²) in [5.41, 5.74) is 0. The van der Waals surface area contributed by atoms with Gasteiger partial charge in [-0.05, 0) is 18.8 Å². The summed E-state index contributed by atoms with van der Waals surface area (Å²) in [6.07, 6.45) is 14.6.